The first-order valence-electron chi connectivity index (χ1n) is 6.89. The highest BCUT2D eigenvalue weighted by atomic mass is 32.2. The fraction of sp³-hybridized carbons (Fsp3) is 0.615. The summed E-state index contributed by atoms with van der Waals surface area (Å²) in [5.74, 6) is -0.215. The number of nitrogens with one attached hydrogen (secondary N) is 1. The summed E-state index contributed by atoms with van der Waals surface area (Å²) < 4.78 is 1.96. The largest absolute Gasteiger partial charge is 0.351 e. The zero-order chi connectivity index (χ0) is 15.4. The van der Waals surface area contributed by atoms with E-state index in [1.807, 2.05) is 17.9 Å². The Kier molecular flexibility index (Phi) is 5.11. The highest BCUT2D eigenvalue weighted by Crippen LogP contribution is 2.17. The smallest absolute Gasteiger partial charge is 0.314 e. The monoisotopic (exact) mass is 311 g/mol. The van der Waals surface area contributed by atoms with Crippen LogP contribution in [0.15, 0.2) is 11.4 Å². The zero-order valence-corrected chi connectivity index (χ0v) is 13.2. The van der Waals surface area contributed by atoms with Crippen molar-refractivity contribution in [1.82, 2.24) is 19.8 Å². The van der Waals surface area contributed by atoms with Gasteiger partial charge in [0.05, 0.1) is 24.4 Å². The van der Waals surface area contributed by atoms with E-state index in [-0.39, 0.29) is 11.8 Å². The number of imidazole rings is 1. The van der Waals surface area contributed by atoms with Crippen LogP contribution in [0.3, 0.4) is 0 Å². The maximum atomic E-state index is 12.2. The van der Waals surface area contributed by atoms with E-state index >= 15 is 0 Å². The molecule has 3 N–H and O–H groups in total. The predicted octanol–water partition coefficient (Wildman–Crippen LogP) is 0.549. The molecule has 1 saturated heterocycles. The van der Waals surface area contributed by atoms with Gasteiger partial charge in [0.1, 0.15) is 0 Å². The van der Waals surface area contributed by atoms with Crippen LogP contribution in [-0.2, 0) is 18.4 Å². The number of likely N-dealkylation sites (tertiary alicyclic amines) is 1. The van der Waals surface area contributed by atoms with Crippen molar-refractivity contribution in [3.05, 3.63) is 11.9 Å². The molecule has 1 aliphatic rings. The summed E-state index contributed by atoms with van der Waals surface area (Å²) in [6, 6.07) is -0.455. The van der Waals surface area contributed by atoms with E-state index in [2.05, 4.69) is 10.3 Å². The van der Waals surface area contributed by atoms with Crippen molar-refractivity contribution >= 4 is 23.7 Å². The second kappa shape index (κ2) is 6.84. The van der Waals surface area contributed by atoms with Crippen molar-refractivity contribution < 1.29 is 9.59 Å². The lowest BCUT2D eigenvalue weighted by Gasteiger charge is -2.30. The molecule has 3 amide bonds. The first-order valence-corrected chi connectivity index (χ1v) is 8.12. The van der Waals surface area contributed by atoms with Gasteiger partial charge in [-0.05, 0) is 19.1 Å². The summed E-state index contributed by atoms with van der Waals surface area (Å²) in [4.78, 5) is 29.2. The SMILES string of the molecule is CSc1ncc(CNC(=O)C2CCCN(C(N)=O)C2)n1C. The third-order valence-electron chi connectivity index (χ3n) is 3.77. The van der Waals surface area contributed by atoms with Gasteiger partial charge in [0.25, 0.3) is 0 Å². The number of carbonyl (C=O) groups is 2. The number of urea groups is 1. The van der Waals surface area contributed by atoms with Gasteiger partial charge in [-0.25, -0.2) is 9.78 Å². The van der Waals surface area contributed by atoms with Crippen LogP contribution in [0.5, 0.6) is 0 Å². The molecule has 1 aromatic heterocycles. The molecule has 1 fully saturated rings. The summed E-state index contributed by atoms with van der Waals surface area (Å²) in [7, 11) is 1.93. The Balaban J connectivity index is 1.89. The predicted molar refractivity (Wildman–Crippen MR) is 80.7 cm³/mol. The molecule has 21 heavy (non-hydrogen) atoms. The van der Waals surface area contributed by atoms with E-state index < -0.39 is 6.03 Å². The maximum Gasteiger partial charge on any atom is 0.314 e. The number of nitrogens with two attached hydrogens (primary N) is 1. The standard InChI is InChI=1S/C13H21N5O2S/c1-17-10(7-16-13(17)21-2)6-15-11(19)9-4-3-5-18(8-9)12(14)20/h7,9H,3-6,8H2,1-2H3,(H2,14,20)(H,15,19). The van der Waals surface area contributed by atoms with Crippen molar-refractivity contribution in [2.75, 3.05) is 19.3 Å². The van der Waals surface area contributed by atoms with E-state index in [9.17, 15) is 9.59 Å². The number of nitrogens with zero attached hydrogens (tertiary/aromatic N) is 3. The highest BCUT2D eigenvalue weighted by Gasteiger charge is 2.27. The fourth-order valence-corrected chi connectivity index (χ4v) is 3.04. The quantitative estimate of drug-likeness (QED) is 0.794. The molecule has 0 saturated carbocycles. The minimum absolute atomic E-state index is 0.0344. The number of rotatable bonds is 4. The number of carbonyl (C=O) groups excluding carboxylic acids is 2. The lowest BCUT2D eigenvalue weighted by Crippen LogP contribution is -2.47. The molecule has 0 spiro atoms. The molecular weight excluding hydrogens is 290 g/mol. The minimum Gasteiger partial charge on any atom is -0.351 e. The molecular formula is C13H21N5O2S. The van der Waals surface area contributed by atoms with Gasteiger partial charge < -0.3 is 20.5 Å². The highest BCUT2D eigenvalue weighted by molar-refractivity contribution is 7.98. The first kappa shape index (κ1) is 15.7. The van der Waals surface area contributed by atoms with Crippen molar-refractivity contribution in [2.24, 2.45) is 18.7 Å². The van der Waals surface area contributed by atoms with Crippen molar-refractivity contribution in [2.45, 2.75) is 24.5 Å². The van der Waals surface area contributed by atoms with Crippen LogP contribution in [0.25, 0.3) is 0 Å². The minimum atomic E-state index is -0.455. The molecule has 1 aromatic rings. The van der Waals surface area contributed by atoms with Crippen LogP contribution < -0.4 is 11.1 Å². The fourth-order valence-electron chi connectivity index (χ4n) is 2.49. The number of thioether (sulfide) groups is 1. The molecule has 1 aliphatic heterocycles. The molecule has 7 nitrogen and oxygen atoms in total. The van der Waals surface area contributed by atoms with E-state index in [4.69, 9.17) is 5.73 Å². The number of hydrogen-bond donors (Lipinski definition) is 2. The van der Waals surface area contributed by atoms with Gasteiger partial charge >= 0.3 is 6.03 Å². The number of aromatic nitrogens is 2. The Morgan fingerprint density at radius 2 is 2.33 bits per heavy atom. The van der Waals surface area contributed by atoms with Gasteiger partial charge in [-0.15, -0.1) is 0 Å². The van der Waals surface area contributed by atoms with Gasteiger partial charge in [0, 0.05) is 20.1 Å². The van der Waals surface area contributed by atoms with Crippen molar-refractivity contribution in [3.8, 4) is 0 Å². The number of amides is 3. The van der Waals surface area contributed by atoms with E-state index in [0.29, 0.717) is 19.6 Å². The molecule has 0 bridgehead atoms. The third-order valence-corrected chi connectivity index (χ3v) is 4.52. The molecule has 8 heteroatoms. The second-order valence-electron chi connectivity index (χ2n) is 5.14. The van der Waals surface area contributed by atoms with Crippen LogP contribution in [0.4, 0.5) is 4.79 Å². The Bertz CT molecular complexity index is 531. The summed E-state index contributed by atoms with van der Waals surface area (Å²) in [5.41, 5.74) is 6.23. The topological polar surface area (TPSA) is 93.2 Å². The molecule has 0 aliphatic carbocycles. The normalized spacial score (nSPS) is 18.6. The molecule has 2 heterocycles. The van der Waals surface area contributed by atoms with Gasteiger partial charge in [0.2, 0.25) is 5.91 Å². The first-order chi connectivity index (χ1) is 10.0. The number of piperidine rings is 1. The van der Waals surface area contributed by atoms with E-state index in [1.165, 1.54) is 4.90 Å². The third kappa shape index (κ3) is 3.69. The number of hydrogen-bond acceptors (Lipinski definition) is 4. The molecule has 116 valence electrons. The molecule has 1 atom stereocenters. The zero-order valence-electron chi connectivity index (χ0n) is 12.3. The lowest BCUT2D eigenvalue weighted by atomic mass is 9.97. The Morgan fingerprint density at radius 3 is 2.95 bits per heavy atom. The summed E-state index contributed by atoms with van der Waals surface area (Å²) >= 11 is 1.56. The Labute approximate surface area is 128 Å². The average molecular weight is 311 g/mol. The van der Waals surface area contributed by atoms with Crippen molar-refractivity contribution in [3.63, 3.8) is 0 Å². The van der Waals surface area contributed by atoms with Gasteiger partial charge in [-0.1, -0.05) is 11.8 Å². The molecule has 1 unspecified atom stereocenters. The number of primary amides is 1. The molecule has 2 rings (SSSR count). The second-order valence-corrected chi connectivity index (χ2v) is 5.91. The van der Waals surface area contributed by atoms with Crippen LogP contribution >= 0.6 is 11.8 Å². The Hall–Kier alpha value is -1.70. The lowest BCUT2D eigenvalue weighted by molar-refractivity contribution is -0.126. The molecule has 0 radical (unpaired) electrons. The van der Waals surface area contributed by atoms with E-state index in [1.54, 1.807) is 18.0 Å². The van der Waals surface area contributed by atoms with Crippen molar-refractivity contribution in [1.29, 1.82) is 0 Å². The van der Waals surface area contributed by atoms with Crippen LogP contribution in [0.2, 0.25) is 0 Å². The summed E-state index contributed by atoms with van der Waals surface area (Å²) in [6.45, 7) is 1.48. The van der Waals surface area contributed by atoms with Gasteiger partial charge in [0.15, 0.2) is 5.16 Å². The summed E-state index contributed by atoms with van der Waals surface area (Å²) in [6.07, 6.45) is 5.33. The average Bonchev–Trinajstić information content (AvgIpc) is 2.85. The Morgan fingerprint density at radius 1 is 1.57 bits per heavy atom. The summed E-state index contributed by atoms with van der Waals surface area (Å²) in [5, 5.41) is 3.83. The van der Waals surface area contributed by atoms with Crippen LogP contribution in [0.1, 0.15) is 18.5 Å². The van der Waals surface area contributed by atoms with Gasteiger partial charge in [-0.3, -0.25) is 4.79 Å². The van der Waals surface area contributed by atoms with Crippen LogP contribution in [-0.4, -0.2) is 45.7 Å². The van der Waals surface area contributed by atoms with Gasteiger partial charge in [-0.2, -0.15) is 0 Å². The van der Waals surface area contributed by atoms with E-state index in [0.717, 1.165) is 23.7 Å². The van der Waals surface area contributed by atoms with Crippen LogP contribution in [0, 0.1) is 5.92 Å². The molecule has 0 aromatic carbocycles. The maximum absolute atomic E-state index is 12.2.